The summed E-state index contributed by atoms with van der Waals surface area (Å²) in [6.07, 6.45) is 1.35. The van der Waals surface area contributed by atoms with Gasteiger partial charge in [-0.05, 0) is 13.0 Å². The van der Waals surface area contributed by atoms with Crippen molar-refractivity contribution in [2.75, 3.05) is 0 Å². The van der Waals surface area contributed by atoms with Crippen LogP contribution in [0.25, 0.3) is 0 Å². The molecule has 1 radical (unpaired) electrons. The number of nitrogens with zero attached hydrogens (tertiary/aromatic N) is 1. The fraction of sp³-hybridized carbons (Fsp3) is 0.250. The number of carbonyl (C=O) groups is 1. The minimum Gasteiger partial charge on any atom is -0.291 e. The van der Waals surface area contributed by atoms with Crippen LogP contribution in [0.1, 0.15) is 6.92 Å². The average molecular weight is 138 g/mol. The van der Waals surface area contributed by atoms with E-state index in [1.807, 2.05) is 0 Å². The van der Waals surface area contributed by atoms with Crippen LogP contribution < -0.4 is 0 Å². The van der Waals surface area contributed by atoms with E-state index < -0.39 is 10.6 Å². The van der Waals surface area contributed by atoms with Crippen molar-refractivity contribution in [2.24, 2.45) is 0 Å². The summed E-state index contributed by atoms with van der Waals surface area (Å²) in [5, 5.41) is 9.67. The molecule has 0 rings (SSSR count). The maximum atomic E-state index is 9.67. The van der Waals surface area contributed by atoms with Gasteiger partial charge in [0.25, 0.3) is 0 Å². The second kappa shape index (κ2) is 5.94. The van der Waals surface area contributed by atoms with Crippen molar-refractivity contribution in [3.8, 4) is 0 Å². The van der Waals surface area contributed by atoms with Gasteiger partial charge >= 0.3 is 5.70 Å². The molecule has 0 unspecified atom stereocenters. The van der Waals surface area contributed by atoms with Crippen LogP contribution in [-0.4, -0.2) is 40.8 Å². The summed E-state index contributed by atoms with van der Waals surface area (Å²) in [4.78, 5) is 18.6. The van der Waals surface area contributed by atoms with E-state index >= 15 is 0 Å². The first-order valence-electron chi connectivity index (χ1n) is 1.98. The Labute approximate surface area is 74.4 Å². The van der Waals surface area contributed by atoms with Crippen LogP contribution in [-0.2, 0) is 4.79 Å². The van der Waals surface area contributed by atoms with Gasteiger partial charge in [0.2, 0.25) is 6.29 Å². The van der Waals surface area contributed by atoms with E-state index in [1.165, 1.54) is 6.92 Å². The van der Waals surface area contributed by atoms with E-state index in [4.69, 9.17) is 0 Å². The maximum absolute atomic E-state index is 9.67. The molecule has 0 saturated heterocycles. The molecule has 0 aromatic rings. The standard InChI is InChI=1S/C4H5NO3.Na/c1-2-4(3-6)5(7)8;/h2-3H,1H3;. The summed E-state index contributed by atoms with van der Waals surface area (Å²) in [6, 6.07) is 0. The summed E-state index contributed by atoms with van der Waals surface area (Å²) >= 11 is 0. The molecule has 0 fully saturated rings. The molecule has 0 spiro atoms. The normalized spacial score (nSPS) is 9.67. The Morgan fingerprint density at radius 1 is 1.67 bits per heavy atom. The van der Waals surface area contributed by atoms with Crippen LogP contribution in [0.3, 0.4) is 0 Å². The Morgan fingerprint density at radius 2 is 2.11 bits per heavy atom. The van der Waals surface area contributed by atoms with Gasteiger partial charge in [-0.1, -0.05) is 0 Å². The molecule has 9 heavy (non-hydrogen) atoms. The van der Waals surface area contributed by atoms with Gasteiger partial charge in [-0.25, -0.2) is 0 Å². The molecule has 0 aliphatic heterocycles. The van der Waals surface area contributed by atoms with Crippen molar-refractivity contribution in [1.29, 1.82) is 0 Å². The van der Waals surface area contributed by atoms with Gasteiger partial charge in [0.05, 0.1) is 4.92 Å². The van der Waals surface area contributed by atoms with Crippen molar-refractivity contribution in [3.05, 3.63) is 21.9 Å². The second-order valence-electron chi connectivity index (χ2n) is 1.09. The van der Waals surface area contributed by atoms with Crippen LogP contribution >= 0.6 is 0 Å². The quantitative estimate of drug-likeness (QED) is 0.177. The van der Waals surface area contributed by atoms with E-state index in [0.29, 0.717) is 0 Å². The molecular weight excluding hydrogens is 133 g/mol. The first kappa shape index (κ1) is 11.6. The summed E-state index contributed by atoms with van der Waals surface area (Å²) in [6.45, 7) is 1.44. The van der Waals surface area contributed by atoms with Crippen molar-refractivity contribution < 1.29 is 9.72 Å². The van der Waals surface area contributed by atoms with Gasteiger partial charge < -0.3 is 0 Å². The molecule has 0 saturated carbocycles. The van der Waals surface area contributed by atoms with Crippen molar-refractivity contribution in [1.82, 2.24) is 0 Å². The van der Waals surface area contributed by atoms with Gasteiger partial charge in [0, 0.05) is 29.6 Å². The number of carbonyl (C=O) groups excluding carboxylic acids is 1. The monoisotopic (exact) mass is 138 g/mol. The summed E-state index contributed by atoms with van der Waals surface area (Å²) < 4.78 is 0. The first-order valence-corrected chi connectivity index (χ1v) is 1.98. The molecule has 0 aromatic heterocycles. The predicted octanol–water partition coefficient (Wildman–Crippen LogP) is -0.0150. The second-order valence-corrected chi connectivity index (χ2v) is 1.09. The molecule has 45 valence electrons. The Morgan fingerprint density at radius 3 is 2.11 bits per heavy atom. The van der Waals surface area contributed by atoms with Crippen LogP contribution in [0.2, 0.25) is 0 Å². The summed E-state index contributed by atoms with van der Waals surface area (Å²) in [5.74, 6) is 0. The van der Waals surface area contributed by atoms with E-state index in [9.17, 15) is 14.9 Å². The Hall–Kier alpha value is -0.190. The fourth-order valence-corrected chi connectivity index (χ4v) is 0.216. The van der Waals surface area contributed by atoms with E-state index in [1.54, 1.807) is 0 Å². The van der Waals surface area contributed by atoms with Gasteiger partial charge in [0.1, 0.15) is 0 Å². The van der Waals surface area contributed by atoms with Crippen LogP contribution in [0.15, 0.2) is 11.8 Å². The number of nitro groups is 1. The first-order chi connectivity index (χ1) is 3.72. The van der Waals surface area contributed by atoms with Gasteiger partial charge in [-0.15, -0.1) is 0 Å². The van der Waals surface area contributed by atoms with Gasteiger partial charge in [-0.2, -0.15) is 0 Å². The maximum Gasteiger partial charge on any atom is 0.304 e. The summed E-state index contributed by atoms with van der Waals surface area (Å²) in [7, 11) is 0. The van der Waals surface area contributed by atoms with Crippen molar-refractivity contribution in [3.63, 3.8) is 0 Å². The molecule has 5 heteroatoms. The molecule has 0 bridgehead atoms. The molecule has 0 amide bonds. The third kappa shape index (κ3) is 4.32. The van der Waals surface area contributed by atoms with Crippen molar-refractivity contribution in [2.45, 2.75) is 6.92 Å². The third-order valence-corrected chi connectivity index (χ3v) is 0.627. The average Bonchev–Trinajstić information content (AvgIpc) is 1.69. The number of rotatable bonds is 2. The molecule has 0 aromatic carbocycles. The molecule has 0 aliphatic carbocycles. The van der Waals surface area contributed by atoms with E-state index in [2.05, 4.69) is 0 Å². The zero-order valence-electron chi connectivity index (χ0n) is 5.33. The van der Waals surface area contributed by atoms with Crippen LogP contribution in [0, 0.1) is 10.1 Å². The molecule has 0 atom stereocenters. The van der Waals surface area contributed by atoms with E-state index in [-0.39, 0.29) is 35.8 Å². The summed E-state index contributed by atoms with van der Waals surface area (Å²) in [5.41, 5.74) is -0.398. The van der Waals surface area contributed by atoms with Gasteiger partial charge in [-0.3, -0.25) is 14.9 Å². The molecule has 4 nitrogen and oxygen atoms in total. The number of aldehydes is 1. The number of hydrogen-bond donors (Lipinski definition) is 0. The largest absolute Gasteiger partial charge is 0.304 e. The molecule has 0 N–H and O–H groups in total. The van der Waals surface area contributed by atoms with E-state index in [0.717, 1.165) is 6.08 Å². The third-order valence-electron chi connectivity index (χ3n) is 0.627. The Balaban J connectivity index is 0. The zero-order valence-corrected chi connectivity index (χ0v) is 7.33. The topological polar surface area (TPSA) is 60.2 Å². The minimum atomic E-state index is -0.729. The molecule has 0 heterocycles. The number of hydrogen-bond acceptors (Lipinski definition) is 3. The predicted molar refractivity (Wildman–Crippen MR) is 32.6 cm³/mol. The van der Waals surface area contributed by atoms with Crippen LogP contribution in [0.4, 0.5) is 0 Å². The van der Waals surface area contributed by atoms with Crippen LogP contribution in [0.5, 0.6) is 0 Å². The smallest absolute Gasteiger partial charge is 0.291 e. The minimum absolute atomic E-state index is 0. The van der Waals surface area contributed by atoms with Gasteiger partial charge in [0.15, 0.2) is 0 Å². The number of allylic oxidation sites excluding steroid dienone is 2. The SMILES string of the molecule is CC=C(C=O)[N+](=O)[O-].[Na]. The Bertz CT molecular complexity index is 143. The Kier molecular flexibility index (Phi) is 7.65. The fourth-order valence-electron chi connectivity index (χ4n) is 0.216. The van der Waals surface area contributed by atoms with Crippen molar-refractivity contribution >= 4 is 35.8 Å². The molecular formula is C4H5NNaO3. The zero-order chi connectivity index (χ0) is 6.57. The molecule has 0 aliphatic rings.